The Bertz CT molecular complexity index is 188. The van der Waals surface area contributed by atoms with Crippen molar-refractivity contribution >= 4 is 12.4 Å². The molecule has 0 aromatic carbocycles. The van der Waals surface area contributed by atoms with Crippen LogP contribution in [-0.2, 0) is 0 Å². The molecule has 1 N–H and O–H groups in total. The Balaban J connectivity index is 2.29. The highest BCUT2D eigenvalue weighted by atomic mass is 16.2. The number of carbonyl (C=O) groups excluding carboxylic acids is 1. The lowest BCUT2D eigenvalue weighted by Gasteiger charge is -2.11. The van der Waals surface area contributed by atoms with E-state index in [2.05, 4.69) is 16.9 Å². The Hall–Kier alpha value is -1.32. The Morgan fingerprint density at radius 3 is 3.27 bits per heavy atom. The maximum Gasteiger partial charge on any atom is 0.322 e. The van der Waals surface area contributed by atoms with Gasteiger partial charge in [0, 0.05) is 13.1 Å². The molecular weight excluding hydrogens is 142 g/mol. The zero-order valence-corrected chi connectivity index (χ0v) is 6.29. The van der Waals surface area contributed by atoms with Crippen molar-refractivity contribution in [2.24, 2.45) is 4.99 Å². The summed E-state index contributed by atoms with van der Waals surface area (Å²) in [5, 5.41) is 2.65. The smallest absolute Gasteiger partial charge is 0.322 e. The second kappa shape index (κ2) is 3.75. The van der Waals surface area contributed by atoms with E-state index in [1.807, 2.05) is 0 Å². The van der Waals surface area contributed by atoms with E-state index in [0.717, 1.165) is 0 Å². The molecule has 0 radical (unpaired) electrons. The van der Waals surface area contributed by atoms with Gasteiger partial charge in [-0.1, -0.05) is 6.08 Å². The molecule has 1 aliphatic heterocycles. The Kier molecular flexibility index (Phi) is 2.66. The number of hydrogen-bond acceptors (Lipinski definition) is 2. The molecule has 60 valence electrons. The second-order valence-electron chi connectivity index (χ2n) is 2.19. The zero-order chi connectivity index (χ0) is 8.10. The minimum Gasteiger partial charge on any atom is -0.334 e. The van der Waals surface area contributed by atoms with E-state index in [1.54, 1.807) is 17.3 Å². The van der Waals surface area contributed by atoms with Crippen LogP contribution in [0.3, 0.4) is 0 Å². The third-order valence-corrected chi connectivity index (χ3v) is 1.35. The average molecular weight is 153 g/mol. The molecule has 1 heterocycles. The number of hydrogen-bond donors (Lipinski definition) is 1. The van der Waals surface area contributed by atoms with Gasteiger partial charge in [-0.05, 0) is 0 Å². The molecule has 0 saturated carbocycles. The lowest BCUT2D eigenvalue weighted by molar-refractivity contribution is 0.225. The largest absolute Gasteiger partial charge is 0.334 e. The molecule has 4 heteroatoms. The summed E-state index contributed by atoms with van der Waals surface area (Å²) in [7, 11) is 0. The van der Waals surface area contributed by atoms with E-state index in [1.165, 1.54) is 0 Å². The molecular formula is C7H11N3O. The van der Waals surface area contributed by atoms with E-state index < -0.39 is 0 Å². The van der Waals surface area contributed by atoms with Crippen LogP contribution in [0.4, 0.5) is 4.79 Å². The van der Waals surface area contributed by atoms with Gasteiger partial charge in [0.1, 0.15) is 0 Å². The van der Waals surface area contributed by atoms with Gasteiger partial charge in [-0.15, -0.1) is 6.58 Å². The molecule has 0 unspecified atom stereocenters. The molecule has 0 aliphatic carbocycles. The highest BCUT2D eigenvalue weighted by Crippen LogP contribution is 1.92. The second-order valence-corrected chi connectivity index (χ2v) is 2.19. The fourth-order valence-corrected chi connectivity index (χ4v) is 0.795. The summed E-state index contributed by atoms with van der Waals surface area (Å²) in [5.41, 5.74) is 0. The molecule has 0 atom stereocenters. The first-order valence-corrected chi connectivity index (χ1v) is 3.50. The lowest BCUT2D eigenvalue weighted by atomic mass is 10.6. The Morgan fingerprint density at radius 1 is 1.91 bits per heavy atom. The van der Waals surface area contributed by atoms with Gasteiger partial charge in [-0.3, -0.25) is 9.89 Å². The van der Waals surface area contributed by atoms with E-state index in [9.17, 15) is 4.79 Å². The molecule has 11 heavy (non-hydrogen) atoms. The number of urea groups is 1. The van der Waals surface area contributed by atoms with Crippen LogP contribution in [0.2, 0.25) is 0 Å². The van der Waals surface area contributed by atoms with Crippen molar-refractivity contribution in [3.05, 3.63) is 12.7 Å². The third kappa shape index (κ3) is 2.07. The van der Waals surface area contributed by atoms with E-state index in [-0.39, 0.29) is 6.03 Å². The molecule has 1 aliphatic rings. The quantitative estimate of drug-likeness (QED) is 0.567. The van der Waals surface area contributed by atoms with E-state index in [4.69, 9.17) is 0 Å². The molecule has 0 saturated heterocycles. The molecule has 0 spiro atoms. The molecule has 4 nitrogen and oxygen atoms in total. The number of nitrogens with zero attached hydrogens (tertiary/aromatic N) is 2. The van der Waals surface area contributed by atoms with Crippen molar-refractivity contribution in [1.82, 2.24) is 10.2 Å². The predicted molar refractivity (Wildman–Crippen MR) is 43.7 cm³/mol. The van der Waals surface area contributed by atoms with Gasteiger partial charge in [-0.2, -0.15) is 0 Å². The number of aliphatic imine (C=N–C) groups is 1. The van der Waals surface area contributed by atoms with Crippen molar-refractivity contribution in [3.63, 3.8) is 0 Å². The third-order valence-electron chi connectivity index (χ3n) is 1.35. The van der Waals surface area contributed by atoms with E-state index >= 15 is 0 Å². The Morgan fingerprint density at radius 2 is 2.73 bits per heavy atom. The van der Waals surface area contributed by atoms with Gasteiger partial charge in [0.05, 0.1) is 12.9 Å². The summed E-state index contributed by atoms with van der Waals surface area (Å²) in [5.74, 6) is 0. The summed E-state index contributed by atoms with van der Waals surface area (Å²) in [4.78, 5) is 16.5. The summed E-state index contributed by atoms with van der Waals surface area (Å²) >= 11 is 0. The summed E-state index contributed by atoms with van der Waals surface area (Å²) in [6, 6.07) is -0.105. The van der Waals surface area contributed by atoms with Gasteiger partial charge in [0.2, 0.25) is 0 Å². The highest BCUT2D eigenvalue weighted by Gasteiger charge is 2.12. The minimum atomic E-state index is -0.105. The average Bonchev–Trinajstić information content (AvgIpc) is 2.52. The minimum absolute atomic E-state index is 0.105. The monoisotopic (exact) mass is 153 g/mol. The van der Waals surface area contributed by atoms with Gasteiger partial charge in [0.15, 0.2) is 0 Å². The molecule has 0 aromatic heterocycles. The number of rotatable bonds is 2. The van der Waals surface area contributed by atoms with Crippen molar-refractivity contribution in [1.29, 1.82) is 0 Å². The van der Waals surface area contributed by atoms with Crippen molar-refractivity contribution < 1.29 is 4.79 Å². The van der Waals surface area contributed by atoms with Crippen molar-refractivity contribution in [3.8, 4) is 0 Å². The maximum atomic E-state index is 11.1. The number of carbonyl (C=O) groups is 1. The first-order chi connectivity index (χ1) is 5.34. The number of nitrogens with one attached hydrogen (secondary N) is 1. The fourth-order valence-electron chi connectivity index (χ4n) is 0.795. The molecule has 0 bridgehead atoms. The lowest BCUT2D eigenvalue weighted by Crippen LogP contribution is -2.37. The van der Waals surface area contributed by atoms with Gasteiger partial charge in [0.25, 0.3) is 0 Å². The summed E-state index contributed by atoms with van der Waals surface area (Å²) in [6.07, 6.45) is 3.20. The SMILES string of the molecule is C=CCNC(=O)N1C=NCC1. The Labute approximate surface area is 65.6 Å². The first kappa shape index (κ1) is 7.78. The van der Waals surface area contributed by atoms with Crippen LogP contribution in [0.1, 0.15) is 0 Å². The molecule has 1 rings (SSSR count). The zero-order valence-electron chi connectivity index (χ0n) is 6.29. The van der Waals surface area contributed by atoms with Crippen LogP contribution < -0.4 is 5.32 Å². The summed E-state index contributed by atoms with van der Waals surface area (Å²) in [6.45, 7) is 5.39. The van der Waals surface area contributed by atoms with Crippen LogP contribution in [0.5, 0.6) is 0 Å². The first-order valence-electron chi connectivity index (χ1n) is 3.50. The maximum absolute atomic E-state index is 11.1. The fraction of sp³-hybridized carbons (Fsp3) is 0.429. The molecule has 0 fully saturated rings. The van der Waals surface area contributed by atoms with Crippen LogP contribution in [0.25, 0.3) is 0 Å². The van der Waals surface area contributed by atoms with Crippen LogP contribution in [0.15, 0.2) is 17.6 Å². The van der Waals surface area contributed by atoms with Gasteiger partial charge >= 0.3 is 6.03 Å². The van der Waals surface area contributed by atoms with Crippen LogP contribution >= 0.6 is 0 Å². The topological polar surface area (TPSA) is 44.7 Å². The van der Waals surface area contributed by atoms with Crippen LogP contribution in [-0.4, -0.2) is 36.9 Å². The van der Waals surface area contributed by atoms with Crippen molar-refractivity contribution in [2.75, 3.05) is 19.6 Å². The molecule has 2 amide bonds. The highest BCUT2D eigenvalue weighted by molar-refractivity contribution is 5.87. The van der Waals surface area contributed by atoms with Crippen LogP contribution in [0, 0.1) is 0 Å². The normalized spacial score (nSPS) is 15.1. The summed E-state index contributed by atoms with van der Waals surface area (Å²) < 4.78 is 0. The predicted octanol–water partition coefficient (Wildman–Crippen LogP) is 0.226. The molecule has 0 aromatic rings. The van der Waals surface area contributed by atoms with Crippen molar-refractivity contribution in [2.45, 2.75) is 0 Å². The van der Waals surface area contributed by atoms with Gasteiger partial charge in [-0.25, -0.2) is 4.79 Å². The van der Waals surface area contributed by atoms with Gasteiger partial charge < -0.3 is 5.32 Å². The standard InChI is InChI=1S/C7H11N3O/c1-2-3-9-7(11)10-5-4-8-6-10/h2,6H,1,3-5H2,(H,9,11). The van der Waals surface area contributed by atoms with E-state index in [0.29, 0.717) is 19.6 Å². The number of amides is 2.